The first-order valence-electron chi connectivity index (χ1n) is 12.2. The van der Waals surface area contributed by atoms with E-state index < -0.39 is 36.6 Å². The number of benzene rings is 1. The molecule has 1 fully saturated rings. The smallest absolute Gasteiger partial charge is 0.252 e. The van der Waals surface area contributed by atoms with Crippen molar-refractivity contribution in [3.05, 3.63) is 48.5 Å². The molecule has 3 aromatic rings. The van der Waals surface area contributed by atoms with E-state index in [1.807, 2.05) is 42.1 Å². The van der Waals surface area contributed by atoms with Crippen molar-refractivity contribution in [1.29, 1.82) is 0 Å². The number of nitrogens with one attached hydrogen (secondary N) is 1. The van der Waals surface area contributed by atoms with Crippen LogP contribution in [0.15, 0.2) is 43.0 Å². The van der Waals surface area contributed by atoms with Crippen LogP contribution in [0, 0.1) is 0 Å². The molecule has 3 heterocycles. The Morgan fingerprint density at radius 1 is 1.11 bits per heavy atom. The van der Waals surface area contributed by atoms with Crippen molar-refractivity contribution in [2.75, 3.05) is 0 Å². The fourth-order valence-corrected chi connectivity index (χ4v) is 4.06. The standard InChI is InChI=1S/C25H34N6O6/c1-14(2)35-22-20(32)21(33)25(36-15(3)4)37-23(22)24(34)27-10-16-6-8-17(9-7-16)31-12-18(28-29-31)19-11-26-13-30(19)5/h6-9,11-15,20-23,25,32-33H,10H2,1-5H3,(H,27,34)/t20-,21+,22+,23?,25-/m1/s1. The quantitative estimate of drug-likeness (QED) is 0.380. The SMILES string of the molecule is CC(C)O[C@@H]1OC(C(=O)NCc2ccc(-n3cc(-c4cncn4C)nn3)cc2)[C@@H](OC(C)C)[C@H](O)[C@@H]1O. The summed E-state index contributed by atoms with van der Waals surface area (Å²) >= 11 is 0. The first-order chi connectivity index (χ1) is 17.6. The van der Waals surface area contributed by atoms with Crippen molar-refractivity contribution < 1.29 is 29.2 Å². The molecule has 200 valence electrons. The highest BCUT2D eigenvalue weighted by Gasteiger charge is 2.49. The van der Waals surface area contributed by atoms with Crippen LogP contribution < -0.4 is 5.32 Å². The molecule has 0 aliphatic carbocycles. The Morgan fingerprint density at radius 3 is 2.43 bits per heavy atom. The number of imidazole rings is 1. The van der Waals surface area contributed by atoms with E-state index in [4.69, 9.17) is 14.2 Å². The summed E-state index contributed by atoms with van der Waals surface area (Å²) in [7, 11) is 1.89. The second kappa shape index (κ2) is 11.5. The van der Waals surface area contributed by atoms with Gasteiger partial charge in [0.25, 0.3) is 5.91 Å². The topological polar surface area (TPSA) is 146 Å². The lowest BCUT2D eigenvalue weighted by atomic mass is 9.97. The molecule has 37 heavy (non-hydrogen) atoms. The summed E-state index contributed by atoms with van der Waals surface area (Å²) in [5.41, 5.74) is 3.21. The van der Waals surface area contributed by atoms with Crippen LogP contribution in [-0.4, -0.2) is 83.6 Å². The number of aliphatic hydroxyl groups excluding tert-OH is 2. The van der Waals surface area contributed by atoms with E-state index in [9.17, 15) is 15.0 Å². The van der Waals surface area contributed by atoms with Gasteiger partial charge in [0.05, 0.1) is 42.3 Å². The Kier molecular flexibility index (Phi) is 8.35. The van der Waals surface area contributed by atoms with Crippen LogP contribution >= 0.6 is 0 Å². The summed E-state index contributed by atoms with van der Waals surface area (Å²) in [6, 6.07) is 7.48. The predicted octanol–water partition coefficient (Wildman–Crippen LogP) is 0.949. The molecule has 4 rings (SSSR count). The maximum atomic E-state index is 13.1. The Bertz CT molecular complexity index is 1180. The largest absolute Gasteiger partial charge is 0.387 e. The fourth-order valence-electron chi connectivity index (χ4n) is 4.06. The highest BCUT2D eigenvalue weighted by Crippen LogP contribution is 2.26. The van der Waals surface area contributed by atoms with Gasteiger partial charge >= 0.3 is 0 Å². The number of carbonyl (C=O) groups excluding carboxylic acids is 1. The highest BCUT2D eigenvalue weighted by atomic mass is 16.7. The molecule has 12 heteroatoms. The number of aliphatic hydroxyl groups is 2. The average molecular weight is 515 g/mol. The van der Waals surface area contributed by atoms with E-state index >= 15 is 0 Å². The molecule has 0 radical (unpaired) electrons. The summed E-state index contributed by atoms with van der Waals surface area (Å²) < 4.78 is 20.6. The van der Waals surface area contributed by atoms with Crippen LogP contribution in [0.1, 0.15) is 33.3 Å². The number of nitrogens with zero attached hydrogens (tertiary/aromatic N) is 5. The van der Waals surface area contributed by atoms with Crippen molar-refractivity contribution in [2.24, 2.45) is 7.05 Å². The van der Waals surface area contributed by atoms with Crippen molar-refractivity contribution >= 4 is 5.91 Å². The zero-order valence-electron chi connectivity index (χ0n) is 21.6. The van der Waals surface area contributed by atoms with Crippen molar-refractivity contribution in [3.8, 4) is 17.1 Å². The van der Waals surface area contributed by atoms with Crippen LogP contribution in [0.4, 0.5) is 0 Å². The molecule has 1 aliphatic heterocycles. The molecule has 1 aliphatic rings. The fraction of sp³-hybridized carbons (Fsp3) is 0.520. The van der Waals surface area contributed by atoms with E-state index in [1.54, 1.807) is 44.9 Å². The molecule has 0 spiro atoms. The first kappa shape index (κ1) is 26.9. The molecule has 1 amide bonds. The van der Waals surface area contributed by atoms with E-state index in [1.165, 1.54) is 0 Å². The van der Waals surface area contributed by atoms with Crippen molar-refractivity contribution in [1.82, 2.24) is 29.9 Å². The third-order valence-electron chi connectivity index (χ3n) is 5.88. The van der Waals surface area contributed by atoms with Gasteiger partial charge < -0.3 is 34.3 Å². The van der Waals surface area contributed by atoms with Gasteiger partial charge in [0, 0.05) is 13.6 Å². The maximum Gasteiger partial charge on any atom is 0.252 e. The zero-order valence-corrected chi connectivity index (χ0v) is 21.6. The lowest BCUT2D eigenvalue weighted by Gasteiger charge is -2.42. The third kappa shape index (κ3) is 6.22. The van der Waals surface area contributed by atoms with Gasteiger partial charge in [-0.2, -0.15) is 0 Å². The molecular formula is C25H34N6O6. The second-order valence-electron chi connectivity index (χ2n) is 9.56. The normalized spacial score (nSPS) is 24.1. The Morgan fingerprint density at radius 2 is 1.81 bits per heavy atom. The Labute approximate surface area is 215 Å². The number of carbonyl (C=O) groups is 1. The molecule has 5 atom stereocenters. The number of rotatable bonds is 9. The Hall–Kier alpha value is -3.16. The summed E-state index contributed by atoms with van der Waals surface area (Å²) in [5.74, 6) is -0.477. The minimum Gasteiger partial charge on any atom is -0.387 e. The Balaban J connectivity index is 1.41. The van der Waals surface area contributed by atoms with Crippen LogP contribution in [0.3, 0.4) is 0 Å². The van der Waals surface area contributed by atoms with Gasteiger partial charge in [0.15, 0.2) is 12.4 Å². The number of hydrogen-bond acceptors (Lipinski definition) is 9. The van der Waals surface area contributed by atoms with Gasteiger partial charge in [-0.3, -0.25) is 4.79 Å². The van der Waals surface area contributed by atoms with Crippen LogP contribution in [0.5, 0.6) is 0 Å². The molecule has 2 aromatic heterocycles. The number of ether oxygens (including phenoxy) is 3. The van der Waals surface area contributed by atoms with Crippen molar-refractivity contribution in [3.63, 3.8) is 0 Å². The number of amides is 1. The second-order valence-corrected chi connectivity index (χ2v) is 9.56. The third-order valence-corrected chi connectivity index (χ3v) is 5.88. The summed E-state index contributed by atoms with van der Waals surface area (Å²) in [4.78, 5) is 17.2. The zero-order chi connectivity index (χ0) is 26.7. The molecule has 1 saturated heterocycles. The lowest BCUT2D eigenvalue weighted by molar-refractivity contribution is -0.307. The van der Waals surface area contributed by atoms with Crippen molar-refractivity contribution in [2.45, 2.75) is 77.2 Å². The lowest BCUT2D eigenvalue weighted by Crippen LogP contribution is -2.63. The molecule has 1 unspecified atom stereocenters. The van der Waals surface area contributed by atoms with Gasteiger partial charge in [0.2, 0.25) is 0 Å². The minimum absolute atomic E-state index is 0.222. The summed E-state index contributed by atoms with van der Waals surface area (Å²) in [5, 5.41) is 32.3. The predicted molar refractivity (Wildman–Crippen MR) is 132 cm³/mol. The van der Waals surface area contributed by atoms with E-state index in [0.29, 0.717) is 5.69 Å². The number of hydrogen-bond donors (Lipinski definition) is 3. The number of aryl methyl sites for hydroxylation is 1. The van der Waals surface area contributed by atoms with E-state index in [0.717, 1.165) is 16.9 Å². The minimum atomic E-state index is -1.35. The monoisotopic (exact) mass is 514 g/mol. The first-order valence-corrected chi connectivity index (χ1v) is 12.2. The van der Waals surface area contributed by atoms with Gasteiger partial charge in [-0.15, -0.1) is 5.10 Å². The molecule has 0 bridgehead atoms. The number of aromatic nitrogens is 5. The molecule has 0 saturated carbocycles. The molecule has 12 nitrogen and oxygen atoms in total. The van der Waals surface area contributed by atoms with Crippen LogP contribution in [-0.2, 0) is 32.6 Å². The molecule has 3 N–H and O–H groups in total. The summed E-state index contributed by atoms with van der Waals surface area (Å²) in [6.45, 7) is 7.33. The van der Waals surface area contributed by atoms with Crippen LogP contribution in [0.2, 0.25) is 0 Å². The van der Waals surface area contributed by atoms with Gasteiger partial charge in [-0.25, -0.2) is 9.67 Å². The molecular weight excluding hydrogens is 480 g/mol. The van der Waals surface area contributed by atoms with Gasteiger partial charge in [-0.05, 0) is 45.4 Å². The van der Waals surface area contributed by atoms with E-state index in [-0.39, 0.29) is 18.8 Å². The van der Waals surface area contributed by atoms with Gasteiger partial charge in [0.1, 0.15) is 24.0 Å². The van der Waals surface area contributed by atoms with Crippen LogP contribution in [0.25, 0.3) is 17.1 Å². The van der Waals surface area contributed by atoms with Gasteiger partial charge in [-0.1, -0.05) is 17.3 Å². The highest BCUT2D eigenvalue weighted by molar-refractivity contribution is 5.81. The average Bonchev–Trinajstić information content (AvgIpc) is 3.51. The summed E-state index contributed by atoms with van der Waals surface area (Å²) in [6.07, 6.45) is -1.40. The van der Waals surface area contributed by atoms with E-state index in [2.05, 4.69) is 20.6 Å². The molecule has 1 aromatic carbocycles. The maximum absolute atomic E-state index is 13.1.